The number of H-pyrrole nitrogens is 1. The van der Waals surface area contributed by atoms with Gasteiger partial charge in [0.05, 0.1) is 12.0 Å². The molecule has 1 atom stereocenters. The third-order valence-electron chi connectivity index (χ3n) is 5.61. The highest BCUT2D eigenvalue weighted by molar-refractivity contribution is 5.96. The van der Waals surface area contributed by atoms with E-state index in [2.05, 4.69) is 20.5 Å². The van der Waals surface area contributed by atoms with Crippen LogP contribution < -0.4 is 5.32 Å². The number of nitrogens with one attached hydrogen (secondary N) is 2. The first-order valence-corrected chi connectivity index (χ1v) is 10.8. The molecule has 0 aromatic carbocycles. The summed E-state index contributed by atoms with van der Waals surface area (Å²) in [6, 6.07) is 7.88. The Morgan fingerprint density at radius 3 is 2.48 bits per heavy atom. The van der Waals surface area contributed by atoms with Crippen molar-refractivity contribution in [3.05, 3.63) is 60.4 Å². The molecule has 0 radical (unpaired) electrons. The SMILES string of the molecule is CC(C)[C@H](NC(=O)c1ccco1)C(=O)N1CCN(C(=O)c2cc(-c3cccnc3)n[nH]2)CC1. The van der Waals surface area contributed by atoms with Gasteiger partial charge in [-0.15, -0.1) is 0 Å². The van der Waals surface area contributed by atoms with Crippen LogP contribution in [0, 0.1) is 5.92 Å². The standard InChI is InChI=1S/C23H26N6O4/c1-15(2)20(25-21(30)19-6-4-12-33-19)23(32)29-10-8-28(9-11-29)22(31)18-13-17(26-27-18)16-5-3-7-24-14-16/h3-7,12-15,20H,8-11H2,1-2H3,(H,25,30)(H,26,27)/t20-/m0/s1. The average molecular weight is 450 g/mol. The summed E-state index contributed by atoms with van der Waals surface area (Å²) >= 11 is 0. The smallest absolute Gasteiger partial charge is 0.287 e. The van der Waals surface area contributed by atoms with E-state index in [0.29, 0.717) is 37.6 Å². The lowest BCUT2D eigenvalue weighted by Gasteiger charge is -2.37. The molecule has 0 saturated carbocycles. The second-order valence-corrected chi connectivity index (χ2v) is 8.20. The molecule has 1 aliphatic heterocycles. The van der Waals surface area contributed by atoms with Gasteiger partial charge in [-0.2, -0.15) is 5.10 Å². The summed E-state index contributed by atoms with van der Waals surface area (Å²) in [5.74, 6) is -0.709. The quantitative estimate of drug-likeness (QED) is 0.590. The van der Waals surface area contributed by atoms with Gasteiger partial charge in [-0.05, 0) is 36.2 Å². The Balaban J connectivity index is 1.35. The molecule has 0 unspecified atom stereocenters. The molecule has 2 N–H and O–H groups in total. The number of amides is 3. The summed E-state index contributed by atoms with van der Waals surface area (Å²) < 4.78 is 5.12. The van der Waals surface area contributed by atoms with E-state index < -0.39 is 11.9 Å². The van der Waals surface area contributed by atoms with Crippen molar-refractivity contribution in [3.63, 3.8) is 0 Å². The molecule has 4 rings (SSSR count). The van der Waals surface area contributed by atoms with Crippen molar-refractivity contribution in [2.45, 2.75) is 19.9 Å². The highest BCUT2D eigenvalue weighted by Gasteiger charge is 2.32. The fraction of sp³-hybridized carbons (Fsp3) is 0.348. The van der Waals surface area contributed by atoms with Crippen molar-refractivity contribution in [3.8, 4) is 11.3 Å². The van der Waals surface area contributed by atoms with Crippen LogP contribution in [0.15, 0.2) is 53.4 Å². The van der Waals surface area contributed by atoms with E-state index in [4.69, 9.17) is 4.42 Å². The van der Waals surface area contributed by atoms with Crippen LogP contribution in [0.5, 0.6) is 0 Å². The summed E-state index contributed by atoms with van der Waals surface area (Å²) in [6.07, 6.45) is 4.77. The number of aromatic amines is 1. The fourth-order valence-corrected chi connectivity index (χ4v) is 3.72. The average Bonchev–Trinajstić information content (AvgIpc) is 3.55. The van der Waals surface area contributed by atoms with Gasteiger partial charge in [0.25, 0.3) is 11.8 Å². The molecule has 3 amide bonds. The van der Waals surface area contributed by atoms with Gasteiger partial charge in [0.2, 0.25) is 5.91 Å². The predicted octanol–water partition coefficient (Wildman–Crippen LogP) is 1.80. The minimum atomic E-state index is -0.681. The molecule has 0 bridgehead atoms. The molecule has 3 aromatic rings. The van der Waals surface area contributed by atoms with E-state index in [1.807, 2.05) is 26.0 Å². The molecule has 0 spiro atoms. The molecule has 10 nitrogen and oxygen atoms in total. The van der Waals surface area contributed by atoms with Crippen molar-refractivity contribution in [1.29, 1.82) is 0 Å². The van der Waals surface area contributed by atoms with Gasteiger partial charge in [-0.25, -0.2) is 0 Å². The molecule has 3 aromatic heterocycles. The maximum Gasteiger partial charge on any atom is 0.287 e. The number of hydrogen-bond acceptors (Lipinski definition) is 6. The maximum atomic E-state index is 13.1. The summed E-state index contributed by atoms with van der Waals surface area (Å²) in [5, 5.41) is 9.78. The van der Waals surface area contributed by atoms with Gasteiger partial charge in [0.15, 0.2) is 5.76 Å². The number of hydrogen-bond donors (Lipinski definition) is 2. The Kier molecular flexibility index (Phi) is 6.53. The van der Waals surface area contributed by atoms with E-state index in [1.54, 1.807) is 40.4 Å². The van der Waals surface area contributed by atoms with E-state index >= 15 is 0 Å². The van der Waals surface area contributed by atoms with Crippen molar-refractivity contribution in [2.24, 2.45) is 5.92 Å². The molecule has 172 valence electrons. The Bertz CT molecular complexity index is 1100. The van der Waals surface area contributed by atoms with Gasteiger partial charge in [-0.3, -0.25) is 24.5 Å². The Labute approximate surface area is 191 Å². The third kappa shape index (κ3) is 4.94. The van der Waals surface area contributed by atoms with Crippen molar-refractivity contribution in [2.75, 3.05) is 26.2 Å². The predicted molar refractivity (Wildman–Crippen MR) is 119 cm³/mol. The lowest BCUT2D eigenvalue weighted by atomic mass is 10.0. The van der Waals surface area contributed by atoms with E-state index in [-0.39, 0.29) is 23.5 Å². The van der Waals surface area contributed by atoms with Crippen LogP contribution >= 0.6 is 0 Å². The van der Waals surface area contributed by atoms with E-state index in [9.17, 15) is 14.4 Å². The largest absolute Gasteiger partial charge is 0.459 e. The highest BCUT2D eigenvalue weighted by Crippen LogP contribution is 2.18. The third-order valence-corrected chi connectivity index (χ3v) is 5.61. The van der Waals surface area contributed by atoms with Crippen molar-refractivity contribution < 1.29 is 18.8 Å². The van der Waals surface area contributed by atoms with Gasteiger partial charge < -0.3 is 19.5 Å². The first-order chi connectivity index (χ1) is 15.9. The maximum absolute atomic E-state index is 13.1. The van der Waals surface area contributed by atoms with Crippen LogP contribution in [0.3, 0.4) is 0 Å². The minimum absolute atomic E-state index is 0.105. The number of carbonyl (C=O) groups is 3. The van der Waals surface area contributed by atoms with Crippen LogP contribution in [-0.4, -0.2) is 74.9 Å². The van der Waals surface area contributed by atoms with E-state index in [1.165, 1.54) is 6.26 Å². The molecular weight excluding hydrogens is 424 g/mol. The molecular formula is C23H26N6O4. The zero-order valence-corrected chi connectivity index (χ0v) is 18.5. The van der Waals surface area contributed by atoms with E-state index in [0.717, 1.165) is 5.56 Å². The number of aromatic nitrogens is 3. The normalized spacial score (nSPS) is 14.9. The summed E-state index contributed by atoms with van der Waals surface area (Å²) in [5.41, 5.74) is 1.85. The van der Waals surface area contributed by atoms with Crippen LogP contribution in [0.4, 0.5) is 0 Å². The van der Waals surface area contributed by atoms with Crippen LogP contribution in [-0.2, 0) is 4.79 Å². The summed E-state index contributed by atoms with van der Waals surface area (Å²) in [4.78, 5) is 45.8. The Hall–Kier alpha value is -3.95. The number of piperazine rings is 1. The van der Waals surface area contributed by atoms with Gasteiger partial charge in [-0.1, -0.05) is 13.8 Å². The van der Waals surface area contributed by atoms with Gasteiger partial charge >= 0.3 is 0 Å². The van der Waals surface area contributed by atoms with Gasteiger partial charge in [0, 0.05) is 44.1 Å². The monoisotopic (exact) mass is 450 g/mol. The number of rotatable bonds is 6. The summed E-state index contributed by atoms with van der Waals surface area (Å²) in [7, 11) is 0. The number of furan rings is 1. The Morgan fingerprint density at radius 2 is 1.85 bits per heavy atom. The molecule has 1 aliphatic rings. The second kappa shape index (κ2) is 9.68. The second-order valence-electron chi connectivity index (χ2n) is 8.20. The van der Waals surface area contributed by atoms with Crippen molar-refractivity contribution >= 4 is 17.7 Å². The lowest BCUT2D eigenvalue weighted by molar-refractivity contribution is -0.135. The number of nitrogens with zero attached hydrogens (tertiary/aromatic N) is 4. The van der Waals surface area contributed by atoms with Crippen molar-refractivity contribution in [1.82, 2.24) is 30.3 Å². The van der Waals surface area contributed by atoms with Crippen LogP contribution in [0.25, 0.3) is 11.3 Å². The molecule has 10 heteroatoms. The molecule has 1 fully saturated rings. The number of carbonyl (C=O) groups excluding carboxylic acids is 3. The summed E-state index contributed by atoms with van der Waals surface area (Å²) in [6.45, 7) is 5.30. The first-order valence-electron chi connectivity index (χ1n) is 10.8. The zero-order valence-electron chi connectivity index (χ0n) is 18.5. The first kappa shape index (κ1) is 22.3. The number of pyridine rings is 1. The highest BCUT2D eigenvalue weighted by atomic mass is 16.3. The topological polar surface area (TPSA) is 124 Å². The molecule has 0 aliphatic carbocycles. The molecule has 33 heavy (non-hydrogen) atoms. The van der Waals surface area contributed by atoms with Crippen LogP contribution in [0.1, 0.15) is 34.9 Å². The minimum Gasteiger partial charge on any atom is -0.459 e. The molecule has 4 heterocycles. The Morgan fingerprint density at radius 1 is 1.09 bits per heavy atom. The zero-order chi connectivity index (χ0) is 23.4. The molecule has 1 saturated heterocycles. The fourth-order valence-electron chi connectivity index (χ4n) is 3.72. The lowest BCUT2D eigenvalue weighted by Crippen LogP contribution is -2.57. The van der Waals surface area contributed by atoms with Gasteiger partial charge in [0.1, 0.15) is 11.7 Å². The van der Waals surface area contributed by atoms with Crippen LogP contribution in [0.2, 0.25) is 0 Å².